The van der Waals surface area contributed by atoms with E-state index in [-0.39, 0.29) is 12.5 Å². The number of rotatable bonds is 7. The van der Waals surface area contributed by atoms with Crippen LogP contribution in [0.5, 0.6) is 0 Å². The molecule has 1 fully saturated rings. The number of aromatic nitrogens is 2. The summed E-state index contributed by atoms with van der Waals surface area (Å²) in [6, 6.07) is 8.14. The number of amides is 1. The van der Waals surface area contributed by atoms with E-state index in [4.69, 9.17) is 10.7 Å². The summed E-state index contributed by atoms with van der Waals surface area (Å²) >= 11 is 0. The topological polar surface area (TPSA) is 64.2 Å². The van der Waals surface area contributed by atoms with Crippen molar-refractivity contribution in [3.63, 3.8) is 0 Å². The summed E-state index contributed by atoms with van der Waals surface area (Å²) in [6.45, 7) is 5.76. The molecule has 2 aromatic carbocycles. The average Bonchev–Trinajstić information content (AvgIpc) is 3.42. The second-order valence-electron chi connectivity index (χ2n) is 9.50. The van der Waals surface area contributed by atoms with Crippen LogP contribution in [0, 0.1) is 17.6 Å². The van der Waals surface area contributed by atoms with Crippen molar-refractivity contribution in [1.82, 2.24) is 9.55 Å². The Labute approximate surface area is 186 Å². The van der Waals surface area contributed by atoms with Crippen LogP contribution in [-0.2, 0) is 29.8 Å². The van der Waals surface area contributed by atoms with E-state index in [2.05, 4.69) is 18.4 Å². The van der Waals surface area contributed by atoms with E-state index in [1.54, 1.807) is 0 Å². The predicted molar refractivity (Wildman–Crippen MR) is 120 cm³/mol. The van der Waals surface area contributed by atoms with Gasteiger partial charge in [0.15, 0.2) is 0 Å². The van der Waals surface area contributed by atoms with Crippen LogP contribution >= 0.6 is 0 Å². The number of imidazole rings is 1. The van der Waals surface area contributed by atoms with E-state index in [0.717, 1.165) is 47.9 Å². The second kappa shape index (κ2) is 7.66. The maximum absolute atomic E-state index is 14.7. The zero-order valence-corrected chi connectivity index (χ0v) is 18.5. The van der Waals surface area contributed by atoms with Crippen LogP contribution in [0.15, 0.2) is 30.3 Å². The van der Waals surface area contributed by atoms with Crippen molar-refractivity contribution in [2.45, 2.75) is 64.6 Å². The zero-order chi connectivity index (χ0) is 22.6. The third-order valence-corrected chi connectivity index (χ3v) is 6.80. The van der Waals surface area contributed by atoms with Crippen molar-refractivity contribution in [2.75, 3.05) is 4.90 Å². The van der Waals surface area contributed by atoms with Crippen molar-refractivity contribution < 1.29 is 13.6 Å². The van der Waals surface area contributed by atoms with E-state index in [9.17, 15) is 13.6 Å². The highest BCUT2D eigenvalue weighted by Gasteiger charge is 2.60. The Hall–Kier alpha value is -2.80. The molecule has 0 saturated heterocycles. The molecule has 168 valence electrons. The summed E-state index contributed by atoms with van der Waals surface area (Å²) in [6.07, 6.45) is 3.25. The highest BCUT2D eigenvalue weighted by molar-refractivity contribution is 6.10. The van der Waals surface area contributed by atoms with Crippen molar-refractivity contribution in [3.8, 4) is 0 Å². The number of benzene rings is 2. The van der Waals surface area contributed by atoms with Crippen molar-refractivity contribution in [2.24, 2.45) is 11.7 Å². The van der Waals surface area contributed by atoms with Gasteiger partial charge in [0.05, 0.1) is 28.7 Å². The summed E-state index contributed by atoms with van der Waals surface area (Å²) in [5.41, 5.74) is 8.47. The molecule has 0 unspecified atom stereocenters. The first kappa shape index (κ1) is 21.1. The van der Waals surface area contributed by atoms with Gasteiger partial charge in [-0.3, -0.25) is 4.79 Å². The number of carbonyl (C=O) groups is 1. The lowest BCUT2D eigenvalue weighted by Crippen LogP contribution is -2.32. The number of anilines is 1. The molecule has 5 rings (SSSR count). The van der Waals surface area contributed by atoms with Crippen LogP contribution in [0.2, 0.25) is 0 Å². The lowest BCUT2D eigenvalue weighted by atomic mass is 9.97. The van der Waals surface area contributed by atoms with Crippen LogP contribution in [0.1, 0.15) is 56.5 Å². The second-order valence-corrected chi connectivity index (χ2v) is 9.50. The highest BCUT2D eigenvalue weighted by atomic mass is 19.1. The van der Waals surface area contributed by atoms with Crippen LogP contribution in [0.3, 0.4) is 0 Å². The molecular weight excluding hydrogens is 410 g/mol. The maximum atomic E-state index is 14.7. The van der Waals surface area contributed by atoms with Gasteiger partial charge in [0.2, 0.25) is 5.91 Å². The molecule has 1 spiro atoms. The molecule has 1 amide bonds. The summed E-state index contributed by atoms with van der Waals surface area (Å²) in [7, 11) is 0. The molecule has 1 aliphatic carbocycles. The average molecular weight is 439 g/mol. The van der Waals surface area contributed by atoms with Gasteiger partial charge in [-0.25, -0.2) is 13.8 Å². The maximum Gasteiger partial charge on any atom is 0.238 e. The molecule has 0 radical (unpaired) electrons. The van der Waals surface area contributed by atoms with Crippen molar-refractivity contribution in [1.29, 1.82) is 0 Å². The third kappa shape index (κ3) is 3.30. The summed E-state index contributed by atoms with van der Waals surface area (Å²) in [5.74, 6) is -0.147. The minimum Gasteiger partial charge on any atom is -0.326 e. The lowest BCUT2D eigenvalue weighted by Gasteiger charge is -2.19. The first-order valence-corrected chi connectivity index (χ1v) is 11.3. The van der Waals surface area contributed by atoms with E-state index >= 15 is 0 Å². The molecule has 1 aromatic heterocycles. The molecule has 1 aliphatic heterocycles. The standard InChI is InChI=1S/C25H28F2N4O/c1-15(2)4-3-9-30-20-6-5-16(13-28)10-19(20)29-22(30)14-31-21-12-17(26)11-18(27)23(21)25(7-8-25)24(31)32/h5-6,10-12,15H,3-4,7-9,13-14,28H2,1-2H3. The number of nitrogens with two attached hydrogens (primary N) is 1. The first-order valence-electron chi connectivity index (χ1n) is 11.3. The molecule has 2 aliphatic rings. The normalized spacial score (nSPS) is 16.6. The minimum absolute atomic E-state index is 0.152. The monoisotopic (exact) mass is 438 g/mol. The van der Waals surface area contributed by atoms with Gasteiger partial charge in [0, 0.05) is 24.7 Å². The van der Waals surface area contributed by atoms with Crippen LogP contribution in [0.4, 0.5) is 14.5 Å². The number of hydrogen-bond donors (Lipinski definition) is 1. The molecule has 1 saturated carbocycles. The van der Waals surface area contributed by atoms with Gasteiger partial charge in [-0.2, -0.15) is 0 Å². The molecule has 0 bridgehead atoms. The largest absolute Gasteiger partial charge is 0.326 e. The van der Waals surface area contributed by atoms with Gasteiger partial charge >= 0.3 is 0 Å². The fourth-order valence-corrected chi connectivity index (χ4v) is 4.99. The van der Waals surface area contributed by atoms with Gasteiger partial charge < -0.3 is 15.2 Å². The molecule has 0 atom stereocenters. The third-order valence-electron chi connectivity index (χ3n) is 6.80. The van der Waals surface area contributed by atoms with Gasteiger partial charge in [0.25, 0.3) is 0 Å². The molecule has 2 N–H and O–H groups in total. The van der Waals surface area contributed by atoms with Crippen molar-refractivity contribution >= 4 is 22.6 Å². The Kier molecular flexibility index (Phi) is 5.04. The number of fused-ring (bicyclic) bond motifs is 3. The van der Waals surface area contributed by atoms with Gasteiger partial charge in [-0.05, 0) is 55.4 Å². The van der Waals surface area contributed by atoms with E-state index in [1.165, 1.54) is 11.0 Å². The fraction of sp³-hybridized carbons (Fsp3) is 0.440. The minimum atomic E-state index is -0.825. The Morgan fingerprint density at radius 1 is 1.19 bits per heavy atom. The molecule has 7 heteroatoms. The van der Waals surface area contributed by atoms with E-state index < -0.39 is 17.0 Å². The number of aryl methyl sites for hydroxylation is 1. The number of hydrogen-bond acceptors (Lipinski definition) is 3. The van der Waals surface area contributed by atoms with Gasteiger partial charge in [-0.1, -0.05) is 19.9 Å². The fourth-order valence-electron chi connectivity index (χ4n) is 4.99. The number of halogens is 2. The number of nitrogens with zero attached hydrogens (tertiary/aromatic N) is 3. The highest BCUT2D eigenvalue weighted by Crippen LogP contribution is 2.58. The van der Waals surface area contributed by atoms with Crippen LogP contribution in [0.25, 0.3) is 11.0 Å². The van der Waals surface area contributed by atoms with Gasteiger partial charge in [-0.15, -0.1) is 0 Å². The quantitative estimate of drug-likeness (QED) is 0.577. The lowest BCUT2D eigenvalue weighted by molar-refractivity contribution is -0.120. The number of carbonyl (C=O) groups excluding carboxylic acids is 1. The summed E-state index contributed by atoms with van der Waals surface area (Å²) in [4.78, 5) is 19.7. The Bertz CT molecular complexity index is 1210. The zero-order valence-electron chi connectivity index (χ0n) is 18.5. The van der Waals surface area contributed by atoms with Gasteiger partial charge in [0.1, 0.15) is 17.5 Å². The summed E-state index contributed by atoms with van der Waals surface area (Å²) in [5, 5.41) is 0. The van der Waals surface area contributed by atoms with E-state index in [1.807, 2.05) is 18.2 Å². The smallest absolute Gasteiger partial charge is 0.238 e. The predicted octanol–water partition coefficient (Wildman–Crippen LogP) is 4.79. The van der Waals surface area contributed by atoms with Crippen LogP contribution < -0.4 is 10.6 Å². The molecule has 2 heterocycles. The molecular formula is C25H28F2N4O. The molecule has 32 heavy (non-hydrogen) atoms. The Morgan fingerprint density at radius 3 is 2.66 bits per heavy atom. The van der Waals surface area contributed by atoms with Crippen molar-refractivity contribution in [3.05, 3.63) is 58.9 Å². The van der Waals surface area contributed by atoms with E-state index in [0.29, 0.717) is 36.6 Å². The Balaban J connectivity index is 1.56. The SMILES string of the molecule is CC(C)CCCn1c(CN2C(=O)C3(CC3)c3c(F)cc(F)cc32)nc2cc(CN)ccc21. The molecule has 5 nitrogen and oxygen atoms in total. The molecule has 3 aromatic rings. The van der Waals surface area contributed by atoms with Crippen LogP contribution in [-0.4, -0.2) is 15.5 Å². The Morgan fingerprint density at radius 2 is 1.97 bits per heavy atom. The summed E-state index contributed by atoms with van der Waals surface area (Å²) < 4.78 is 30.9. The first-order chi connectivity index (χ1) is 15.3.